The third kappa shape index (κ3) is 0.731. The van der Waals surface area contributed by atoms with Gasteiger partial charge in [-0.25, -0.2) is 0 Å². The highest BCUT2D eigenvalue weighted by molar-refractivity contribution is 4.93. The van der Waals surface area contributed by atoms with Crippen LogP contribution in [0.5, 0.6) is 0 Å². The van der Waals surface area contributed by atoms with Gasteiger partial charge in [-0.2, -0.15) is 0 Å². The zero-order chi connectivity index (χ0) is 7.14. The Bertz CT molecular complexity index is 131. The van der Waals surface area contributed by atoms with E-state index in [9.17, 15) is 0 Å². The highest BCUT2D eigenvalue weighted by Crippen LogP contribution is 2.51. The molecule has 0 aromatic heterocycles. The van der Waals surface area contributed by atoms with Crippen molar-refractivity contribution in [3.63, 3.8) is 0 Å². The summed E-state index contributed by atoms with van der Waals surface area (Å²) in [6, 6.07) is 0. The van der Waals surface area contributed by atoms with Gasteiger partial charge in [-0.05, 0) is 42.9 Å². The van der Waals surface area contributed by atoms with Gasteiger partial charge in [0.15, 0.2) is 0 Å². The Morgan fingerprint density at radius 3 is 2.40 bits per heavy atom. The van der Waals surface area contributed by atoms with Crippen LogP contribution in [0.15, 0.2) is 0 Å². The zero-order valence-electron chi connectivity index (χ0n) is 6.59. The summed E-state index contributed by atoms with van der Waals surface area (Å²) in [5.74, 6) is 3.30. The van der Waals surface area contributed by atoms with E-state index in [2.05, 4.69) is 6.92 Å². The molecule has 0 heterocycles. The molecule has 1 nitrogen and oxygen atoms in total. The van der Waals surface area contributed by atoms with E-state index in [1.54, 1.807) is 0 Å². The molecule has 1 N–H and O–H groups in total. The number of hydrogen-bond donors (Lipinski definition) is 1. The van der Waals surface area contributed by atoms with Gasteiger partial charge in [0.2, 0.25) is 0 Å². The van der Waals surface area contributed by atoms with Crippen molar-refractivity contribution in [1.29, 1.82) is 0 Å². The van der Waals surface area contributed by atoms with Gasteiger partial charge in [-0.15, -0.1) is 0 Å². The maximum Gasteiger partial charge on any atom is 0.0464 e. The largest absolute Gasteiger partial charge is 0.396 e. The molecule has 0 aromatic carbocycles. The lowest BCUT2D eigenvalue weighted by atomic mass is 9.81. The van der Waals surface area contributed by atoms with Crippen LogP contribution in [0.3, 0.4) is 0 Å². The fourth-order valence-corrected chi connectivity index (χ4v) is 3.01. The number of aliphatic hydroxyl groups is 1. The molecule has 10 heavy (non-hydrogen) atoms. The van der Waals surface area contributed by atoms with E-state index >= 15 is 0 Å². The summed E-state index contributed by atoms with van der Waals surface area (Å²) in [4.78, 5) is 0. The number of fused-ring (bicyclic) bond motifs is 2. The molecule has 0 spiro atoms. The third-order valence-corrected chi connectivity index (χ3v) is 3.75. The zero-order valence-corrected chi connectivity index (χ0v) is 6.59. The third-order valence-electron chi connectivity index (χ3n) is 3.75. The second-order valence-corrected chi connectivity index (χ2v) is 4.04. The number of hydrogen-bond acceptors (Lipinski definition) is 1. The Hall–Kier alpha value is -0.0400. The minimum atomic E-state index is 0.433. The average Bonchev–Trinajstić information content (AvgIpc) is 2.46. The van der Waals surface area contributed by atoms with Crippen LogP contribution in [0.1, 0.15) is 26.2 Å². The lowest BCUT2D eigenvalue weighted by molar-refractivity contribution is 0.134. The predicted molar refractivity (Wildman–Crippen MR) is 40.6 cm³/mol. The first-order valence-electron chi connectivity index (χ1n) is 4.43. The normalized spacial score (nSPS) is 52.2. The van der Waals surface area contributed by atoms with Gasteiger partial charge in [0.25, 0.3) is 0 Å². The van der Waals surface area contributed by atoms with Crippen LogP contribution in [-0.4, -0.2) is 11.7 Å². The minimum absolute atomic E-state index is 0.433. The Kier molecular flexibility index (Phi) is 1.48. The maximum absolute atomic E-state index is 9.06. The molecule has 2 bridgehead atoms. The quantitative estimate of drug-likeness (QED) is 0.587. The van der Waals surface area contributed by atoms with E-state index < -0.39 is 0 Å². The number of aliphatic hydroxyl groups excluding tert-OH is 1. The summed E-state index contributed by atoms with van der Waals surface area (Å²) in [6.45, 7) is 2.74. The second kappa shape index (κ2) is 2.23. The predicted octanol–water partition coefficient (Wildman–Crippen LogP) is 1.66. The van der Waals surface area contributed by atoms with Crippen molar-refractivity contribution in [1.82, 2.24) is 0 Å². The lowest BCUT2D eigenvalue weighted by Crippen LogP contribution is -2.22. The summed E-state index contributed by atoms with van der Waals surface area (Å²) < 4.78 is 0. The van der Waals surface area contributed by atoms with Crippen LogP contribution in [-0.2, 0) is 0 Å². The molecule has 2 saturated carbocycles. The van der Waals surface area contributed by atoms with Gasteiger partial charge in [0.1, 0.15) is 0 Å². The van der Waals surface area contributed by atoms with Gasteiger partial charge in [-0.1, -0.05) is 6.92 Å². The molecule has 2 aliphatic rings. The van der Waals surface area contributed by atoms with Crippen LogP contribution < -0.4 is 0 Å². The summed E-state index contributed by atoms with van der Waals surface area (Å²) in [7, 11) is 0. The number of rotatable bonds is 1. The van der Waals surface area contributed by atoms with Crippen LogP contribution >= 0.6 is 0 Å². The minimum Gasteiger partial charge on any atom is -0.396 e. The Morgan fingerprint density at radius 1 is 1.30 bits per heavy atom. The molecule has 4 unspecified atom stereocenters. The van der Waals surface area contributed by atoms with Crippen LogP contribution in [0, 0.1) is 23.7 Å². The average molecular weight is 140 g/mol. The lowest BCUT2D eigenvalue weighted by Gasteiger charge is -2.25. The second-order valence-electron chi connectivity index (χ2n) is 4.04. The highest BCUT2D eigenvalue weighted by Gasteiger charge is 2.44. The fraction of sp³-hybridized carbons (Fsp3) is 1.00. The molecule has 4 atom stereocenters. The van der Waals surface area contributed by atoms with Crippen molar-refractivity contribution in [3.05, 3.63) is 0 Å². The van der Waals surface area contributed by atoms with Crippen molar-refractivity contribution in [2.24, 2.45) is 23.7 Å². The monoisotopic (exact) mass is 140 g/mol. The van der Waals surface area contributed by atoms with Gasteiger partial charge >= 0.3 is 0 Å². The first kappa shape index (κ1) is 6.66. The van der Waals surface area contributed by atoms with Crippen LogP contribution in [0.25, 0.3) is 0 Å². The molecule has 0 amide bonds. The Balaban J connectivity index is 2.10. The summed E-state index contributed by atoms with van der Waals surface area (Å²) in [6.07, 6.45) is 4.23. The van der Waals surface area contributed by atoms with Crippen molar-refractivity contribution in [2.45, 2.75) is 26.2 Å². The maximum atomic E-state index is 9.06. The molecule has 0 saturated heterocycles. The molecule has 2 rings (SSSR count). The van der Waals surface area contributed by atoms with E-state index in [1.807, 2.05) is 0 Å². The highest BCUT2D eigenvalue weighted by atomic mass is 16.3. The SMILES string of the molecule is CC1C2CCC(C2)C1CO. The molecule has 58 valence electrons. The van der Waals surface area contributed by atoms with Crippen molar-refractivity contribution in [2.75, 3.05) is 6.61 Å². The molecule has 2 fully saturated rings. The van der Waals surface area contributed by atoms with Crippen molar-refractivity contribution in [3.8, 4) is 0 Å². The molecule has 0 aromatic rings. The molecule has 0 radical (unpaired) electrons. The standard InChI is InChI=1S/C9H16O/c1-6-7-2-3-8(4-7)9(6)5-10/h6-10H,2-5H2,1H3. The first-order chi connectivity index (χ1) is 4.83. The Labute approximate surface area is 62.4 Å². The van der Waals surface area contributed by atoms with Gasteiger partial charge in [-0.3, -0.25) is 0 Å². The fourth-order valence-electron chi connectivity index (χ4n) is 3.01. The van der Waals surface area contributed by atoms with Gasteiger partial charge < -0.3 is 5.11 Å². The topological polar surface area (TPSA) is 20.2 Å². The summed E-state index contributed by atoms with van der Waals surface area (Å²) >= 11 is 0. The van der Waals surface area contributed by atoms with Gasteiger partial charge in [0.05, 0.1) is 0 Å². The molecule has 1 heteroatoms. The molecule has 0 aliphatic heterocycles. The van der Waals surface area contributed by atoms with Gasteiger partial charge in [0, 0.05) is 6.61 Å². The van der Waals surface area contributed by atoms with E-state index in [4.69, 9.17) is 5.11 Å². The van der Waals surface area contributed by atoms with E-state index in [1.165, 1.54) is 19.3 Å². The Morgan fingerprint density at radius 2 is 2.00 bits per heavy atom. The molecular weight excluding hydrogens is 124 g/mol. The van der Waals surface area contributed by atoms with Crippen LogP contribution in [0.2, 0.25) is 0 Å². The smallest absolute Gasteiger partial charge is 0.0464 e. The van der Waals surface area contributed by atoms with Crippen LogP contribution in [0.4, 0.5) is 0 Å². The summed E-state index contributed by atoms with van der Waals surface area (Å²) in [5, 5.41) is 9.06. The van der Waals surface area contributed by atoms with Crippen molar-refractivity contribution < 1.29 is 5.11 Å². The summed E-state index contributed by atoms with van der Waals surface area (Å²) in [5.41, 5.74) is 0. The van der Waals surface area contributed by atoms with E-state index in [0.29, 0.717) is 12.5 Å². The van der Waals surface area contributed by atoms with Crippen molar-refractivity contribution >= 4 is 0 Å². The first-order valence-corrected chi connectivity index (χ1v) is 4.43. The molecule has 2 aliphatic carbocycles. The molecular formula is C9H16O. The van der Waals surface area contributed by atoms with E-state index in [-0.39, 0.29) is 0 Å². The van der Waals surface area contributed by atoms with E-state index in [0.717, 1.165) is 17.8 Å².